The van der Waals surface area contributed by atoms with Crippen LogP contribution < -0.4 is 10.0 Å². The lowest BCUT2D eigenvalue weighted by Crippen LogP contribution is -2.25. The molecule has 1 aromatic heterocycles. The molecule has 0 amide bonds. The number of hydrogen-bond donors (Lipinski definition) is 2. The maximum atomic E-state index is 12.5. The highest BCUT2D eigenvalue weighted by molar-refractivity contribution is 7.89. The Kier molecular flexibility index (Phi) is 5.40. The lowest BCUT2D eigenvalue weighted by molar-refractivity contribution is 0.579. The molecule has 0 bridgehead atoms. The van der Waals surface area contributed by atoms with E-state index in [9.17, 15) is 8.42 Å². The molecule has 4 nitrogen and oxygen atoms in total. The Bertz CT molecular complexity index is 709. The molecule has 0 radical (unpaired) electrons. The normalized spacial score (nSPS) is 11.8. The first-order chi connectivity index (χ1) is 9.94. The van der Waals surface area contributed by atoms with Crippen LogP contribution in [0.15, 0.2) is 34.5 Å². The van der Waals surface area contributed by atoms with Gasteiger partial charge in [0.05, 0.1) is 0 Å². The minimum absolute atomic E-state index is 0.244. The van der Waals surface area contributed by atoms with Crippen LogP contribution in [0.2, 0.25) is 5.02 Å². The summed E-state index contributed by atoms with van der Waals surface area (Å²) in [6.07, 6.45) is 0. The molecule has 0 spiro atoms. The van der Waals surface area contributed by atoms with E-state index in [1.807, 2.05) is 12.3 Å². The molecule has 2 rings (SSSR count). The third-order valence-corrected chi connectivity index (χ3v) is 6.09. The van der Waals surface area contributed by atoms with Gasteiger partial charge in [0, 0.05) is 23.0 Å². The molecule has 0 saturated carbocycles. The molecular formula is C14H17ClN2O2S2. The van der Waals surface area contributed by atoms with Crippen molar-refractivity contribution in [3.8, 4) is 0 Å². The van der Waals surface area contributed by atoms with Crippen molar-refractivity contribution in [1.82, 2.24) is 10.0 Å². The first-order valence-electron chi connectivity index (χ1n) is 6.39. The standard InChI is InChI=1S/C14H17ClN2O2S2/c1-10-9-20-13(8-16-2)14(10)21(18,19)17-7-11-3-5-12(15)6-4-11/h3-6,9,16-17H,7-8H2,1-2H3. The lowest BCUT2D eigenvalue weighted by Gasteiger charge is -2.09. The molecule has 0 unspecified atom stereocenters. The van der Waals surface area contributed by atoms with Gasteiger partial charge >= 0.3 is 0 Å². The first-order valence-corrected chi connectivity index (χ1v) is 9.14. The Balaban J connectivity index is 2.18. The van der Waals surface area contributed by atoms with Gasteiger partial charge in [0.25, 0.3) is 0 Å². The van der Waals surface area contributed by atoms with Crippen LogP contribution in [0.25, 0.3) is 0 Å². The zero-order valence-electron chi connectivity index (χ0n) is 11.8. The van der Waals surface area contributed by atoms with Crippen molar-refractivity contribution < 1.29 is 8.42 Å². The fourth-order valence-electron chi connectivity index (χ4n) is 1.98. The van der Waals surface area contributed by atoms with Gasteiger partial charge in [0.15, 0.2) is 0 Å². The average molecular weight is 345 g/mol. The van der Waals surface area contributed by atoms with Crippen LogP contribution in [0.4, 0.5) is 0 Å². The third kappa shape index (κ3) is 4.05. The second kappa shape index (κ2) is 6.89. The predicted molar refractivity (Wildman–Crippen MR) is 87.3 cm³/mol. The number of halogens is 1. The molecule has 0 atom stereocenters. The Morgan fingerprint density at radius 2 is 1.86 bits per heavy atom. The summed E-state index contributed by atoms with van der Waals surface area (Å²) in [5.41, 5.74) is 1.64. The van der Waals surface area contributed by atoms with Gasteiger partial charge in [-0.15, -0.1) is 11.3 Å². The second-order valence-corrected chi connectivity index (χ2v) is 7.76. The van der Waals surface area contributed by atoms with E-state index in [1.165, 1.54) is 11.3 Å². The highest BCUT2D eigenvalue weighted by Crippen LogP contribution is 2.26. The van der Waals surface area contributed by atoms with Gasteiger partial charge in [-0.05, 0) is 42.6 Å². The van der Waals surface area contributed by atoms with Gasteiger partial charge in [0.2, 0.25) is 10.0 Å². The lowest BCUT2D eigenvalue weighted by atomic mass is 10.2. The summed E-state index contributed by atoms with van der Waals surface area (Å²) in [6.45, 7) is 2.59. The fraction of sp³-hybridized carbons (Fsp3) is 0.286. The summed E-state index contributed by atoms with van der Waals surface area (Å²) in [6, 6.07) is 7.10. The van der Waals surface area contributed by atoms with E-state index in [0.29, 0.717) is 16.5 Å². The summed E-state index contributed by atoms with van der Waals surface area (Å²) in [7, 11) is -1.72. The predicted octanol–water partition coefficient (Wildman–Crippen LogP) is 2.91. The molecule has 21 heavy (non-hydrogen) atoms. The number of sulfonamides is 1. The number of nitrogens with one attached hydrogen (secondary N) is 2. The van der Waals surface area contributed by atoms with Gasteiger partial charge in [-0.1, -0.05) is 23.7 Å². The van der Waals surface area contributed by atoms with Crippen molar-refractivity contribution in [2.45, 2.75) is 24.9 Å². The second-order valence-electron chi connectivity index (χ2n) is 4.65. The van der Waals surface area contributed by atoms with E-state index < -0.39 is 10.0 Å². The molecular weight excluding hydrogens is 328 g/mol. The SMILES string of the molecule is CNCc1scc(C)c1S(=O)(=O)NCc1ccc(Cl)cc1. The number of thiophene rings is 1. The summed E-state index contributed by atoms with van der Waals surface area (Å²) in [4.78, 5) is 1.20. The van der Waals surface area contributed by atoms with Crippen LogP contribution in [-0.4, -0.2) is 15.5 Å². The van der Waals surface area contributed by atoms with Gasteiger partial charge in [-0.25, -0.2) is 13.1 Å². The summed E-state index contributed by atoms with van der Waals surface area (Å²) < 4.78 is 27.6. The van der Waals surface area contributed by atoms with Crippen molar-refractivity contribution >= 4 is 33.0 Å². The maximum absolute atomic E-state index is 12.5. The van der Waals surface area contributed by atoms with Crippen molar-refractivity contribution in [3.63, 3.8) is 0 Å². The molecule has 2 aromatic rings. The van der Waals surface area contributed by atoms with Gasteiger partial charge in [-0.3, -0.25) is 0 Å². The minimum Gasteiger partial charge on any atom is -0.315 e. The minimum atomic E-state index is -3.52. The fourth-order valence-corrected chi connectivity index (χ4v) is 4.95. The molecule has 0 aliphatic rings. The Morgan fingerprint density at radius 1 is 1.19 bits per heavy atom. The van der Waals surface area contributed by atoms with Crippen molar-refractivity contribution in [2.75, 3.05) is 7.05 Å². The summed E-state index contributed by atoms with van der Waals surface area (Å²) >= 11 is 7.27. The topological polar surface area (TPSA) is 58.2 Å². The quantitative estimate of drug-likeness (QED) is 0.847. The molecule has 1 heterocycles. The summed E-state index contributed by atoms with van der Waals surface area (Å²) in [5.74, 6) is 0. The van der Waals surface area contributed by atoms with Crippen LogP contribution in [0, 0.1) is 6.92 Å². The molecule has 7 heteroatoms. The molecule has 1 aromatic carbocycles. The van der Waals surface area contributed by atoms with Crippen molar-refractivity contribution in [1.29, 1.82) is 0 Å². The zero-order valence-corrected chi connectivity index (χ0v) is 14.2. The van der Waals surface area contributed by atoms with Crippen LogP contribution in [0.3, 0.4) is 0 Å². The van der Waals surface area contributed by atoms with Crippen molar-refractivity contribution in [2.24, 2.45) is 0 Å². The van der Waals surface area contributed by atoms with E-state index in [0.717, 1.165) is 16.0 Å². The Morgan fingerprint density at radius 3 is 2.48 bits per heavy atom. The van der Waals surface area contributed by atoms with E-state index in [2.05, 4.69) is 10.0 Å². The smallest absolute Gasteiger partial charge is 0.242 e. The molecule has 2 N–H and O–H groups in total. The maximum Gasteiger partial charge on any atom is 0.242 e. The molecule has 114 valence electrons. The van der Waals surface area contributed by atoms with E-state index >= 15 is 0 Å². The van der Waals surface area contributed by atoms with E-state index in [4.69, 9.17) is 11.6 Å². The van der Waals surface area contributed by atoms with Gasteiger partial charge in [-0.2, -0.15) is 0 Å². The van der Waals surface area contributed by atoms with E-state index in [1.54, 1.807) is 31.3 Å². The van der Waals surface area contributed by atoms with Gasteiger partial charge < -0.3 is 5.32 Å². The van der Waals surface area contributed by atoms with Crippen molar-refractivity contribution in [3.05, 3.63) is 50.7 Å². The molecule has 0 saturated heterocycles. The highest BCUT2D eigenvalue weighted by Gasteiger charge is 2.22. The highest BCUT2D eigenvalue weighted by atomic mass is 35.5. The van der Waals surface area contributed by atoms with Crippen LogP contribution in [0.5, 0.6) is 0 Å². The number of hydrogen-bond acceptors (Lipinski definition) is 4. The molecule has 0 aliphatic heterocycles. The number of aryl methyl sites for hydroxylation is 1. The first kappa shape index (κ1) is 16.5. The Hall–Kier alpha value is -0.920. The number of rotatable bonds is 6. The van der Waals surface area contributed by atoms with E-state index in [-0.39, 0.29) is 6.54 Å². The zero-order chi connectivity index (χ0) is 15.5. The number of benzene rings is 1. The largest absolute Gasteiger partial charge is 0.315 e. The average Bonchev–Trinajstić information content (AvgIpc) is 2.80. The van der Waals surface area contributed by atoms with Crippen LogP contribution in [0.1, 0.15) is 16.0 Å². The van der Waals surface area contributed by atoms with Crippen LogP contribution >= 0.6 is 22.9 Å². The van der Waals surface area contributed by atoms with Crippen LogP contribution in [-0.2, 0) is 23.1 Å². The monoisotopic (exact) mass is 344 g/mol. The van der Waals surface area contributed by atoms with Gasteiger partial charge in [0.1, 0.15) is 4.90 Å². The molecule has 0 fully saturated rings. The summed E-state index contributed by atoms with van der Waals surface area (Å²) in [5, 5.41) is 5.49. The third-order valence-electron chi connectivity index (χ3n) is 2.98. The molecule has 0 aliphatic carbocycles. The Labute approximate surface area is 134 Å².